The smallest absolute Gasteiger partial charge is 0.186 e. The number of ketones is 1. The van der Waals surface area contributed by atoms with Gasteiger partial charge in [-0.15, -0.1) is 0 Å². The Balaban J connectivity index is 1.80. The Morgan fingerprint density at radius 3 is 2.54 bits per heavy atom. The molecule has 3 aromatic rings. The third kappa shape index (κ3) is 3.66. The van der Waals surface area contributed by atoms with Gasteiger partial charge in [0.15, 0.2) is 11.6 Å². The summed E-state index contributed by atoms with van der Waals surface area (Å²) in [7, 11) is 0. The van der Waals surface area contributed by atoms with E-state index in [9.17, 15) is 4.79 Å². The lowest BCUT2D eigenvalue weighted by Gasteiger charge is -2.08. The molecule has 0 aliphatic heterocycles. The van der Waals surface area contributed by atoms with Crippen LogP contribution in [0.1, 0.15) is 21.7 Å². The first kappa shape index (κ1) is 16.7. The van der Waals surface area contributed by atoms with E-state index in [2.05, 4.69) is 15.1 Å². The molecule has 0 atom stereocenters. The highest BCUT2D eigenvalue weighted by Crippen LogP contribution is 2.23. The van der Waals surface area contributed by atoms with Crippen LogP contribution < -0.4 is 0 Å². The lowest BCUT2D eigenvalue weighted by molar-refractivity contribution is 0.102. The second-order valence-electron chi connectivity index (χ2n) is 5.24. The van der Waals surface area contributed by atoms with Crippen molar-refractivity contribution in [2.75, 3.05) is 5.75 Å². The second kappa shape index (κ2) is 7.15. The molecule has 3 rings (SSSR count). The van der Waals surface area contributed by atoms with Crippen LogP contribution in [-0.2, 0) is 0 Å². The van der Waals surface area contributed by atoms with Crippen LogP contribution in [0.4, 0.5) is 0 Å². The van der Waals surface area contributed by atoms with E-state index >= 15 is 0 Å². The Hall–Kier alpha value is -2.18. The Labute approximate surface area is 149 Å². The quantitative estimate of drug-likeness (QED) is 0.511. The van der Waals surface area contributed by atoms with Crippen molar-refractivity contribution in [1.82, 2.24) is 19.7 Å². The van der Waals surface area contributed by atoms with E-state index in [1.54, 1.807) is 41.3 Å². The Morgan fingerprint density at radius 2 is 1.88 bits per heavy atom. The SMILES string of the molecule is Cc1cc(C)n(-c2nccnc2SCC(=O)c2ccc(Cl)cc2)n1. The number of nitrogens with zero attached hydrogens (tertiary/aromatic N) is 4. The van der Waals surface area contributed by atoms with Crippen molar-refractivity contribution in [2.24, 2.45) is 0 Å². The zero-order valence-electron chi connectivity index (χ0n) is 13.2. The number of thioether (sulfide) groups is 1. The zero-order valence-corrected chi connectivity index (χ0v) is 14.8. The highest BCUT2D eigenvalue weighted by atomic mass is 35.5. The molecule has 5 nitrogen and oxygen atoms in total. The van der Waals surface area contributed by atoms with Crippen LogP contribution in [0.5, 0.6) is 0 Å². The number of aromatic nitrogens is 4. The summed E-state index contributed by atoms with van der Waals surface area (Å²) in [6, 6.07) is 8.85. The highest BCUT2D eigenvalue weighted by Gasteiger charge is 2.14. The molecule has 2 aromatic heterocycles. The van der Waals surface area contributed by atoms with E-state index < -0.39 is 0 Å². The first-order valence-electron chi connectivity index (χ1n) is 7.31. The molecule has 7 heteroatoms. The molecule has 122 valence electrons. The zero-order chi connectivity index (χ0) is 17.1. The monoisotopic (exact) mass is 358 g/mol. The van der Waals surface area contributed by atoms with Gasteiger partial charge in [-0.1, -0.05) is 23.4 Å². The van der Waals surface area contributed by atoms with E-state index in [-0.39, 0.29) is 11.5 Å². The van der Waals surface area contributed by atoms with Crippen LogP contribution in [0.15, 0.2) is 47.8 Å². The molecule has 0 aliphatic rings. The van der Waals surface area contributed by atoms with Gasteiger partial charge < -0.3 is 0 Å². The number of aryl methyl sites for hydroxylation is 2. The van der Waals surface area contributed by atoms with Gasteiger partial charge in [0.1, 0.15) is 5.03 Å². The fourth-order valence-electron chi connectivity index (χ4n) is 2.26. The molecule has 0 radical (unpaired) electrons. The molecule has 0 amide bonds. The average Bonchev–Trinajstić information content (AvgIpc) is 2.92. The third-order valence-corrected chi connectivity index (χ3v) is 4.58. The summed E-state index contributed by atoms with van der Waals surface area (Å²) in [5, 5.41) is 5.72. The van der Waals surface area contributed by atoms with Crippen LogP contribution in [-0.4, -0.2) is 31.3 Å². The Bertz CT molecular complexity index is 877. The van der Waals surface area contributed by atoms with Crippen molar-refractivity contribution >= 4 is 29.1 Å². The maximum atomic E-state index is 12.3. The number of hydrogen-bond acceptors (Lipinski definition) is 5. The Morgan fingerprint density at radius 1 is 1.17 bits per heavy atom. The van der Waals surface area contributed by atoms with Crippen molar-refractivity contribution in [2.45, 2.75) is 18.9 Å². The van der Waals surface area contributed by atoms with E-state index in [1.165, 1.54) is 11.8 Å². The lowest BCUT2D eigenvalue weighted by atomic mass is 10.1. The van der Waals surface area contributed by atoms with Crippen LogP contribution >= 0.6 is 23.4 Å². The maximum Gasteiger partial charge on any atom is 0.186 e. The number of carbonyl (C=O) groups is 1. The number of carbonyl (C=O) groups excluding carboxylic acids is 1. The number of Topliss-reactive ketones (excluding diaryl/α,β-unsaturated/α-hetero) is 1. The maximum absolute atomic E-state index is 12.3. The normalized spacial score (nSPS) is 10.8. The molecular weight excluding hydrogens is 344 g/mol. The van der Waals surface area contributed by atoms with Crippen molar-refractivity contribution in [3.63, 3.8) is 0 Å². The third-order valence-electron chi connectivity index (χ3n) is 3.36. The van der Waals surface area contributed by atoms with Gasteiger partial charge in [0.25, 0.3) is 0 Å². The minimum atomic E-state index is 0.0154. The minimum absolute atomic E-state index is 0.0154. The van der Waals surface area contributed by atoms with Crippen molar-refractivity contribution < 1.29 is 4.79 Å². The summed E-state index contributed by atoms with van der Waals surface area (Å²) >= 11 is 7.20. The van der Waals surface area contributed by atoms with Gasteiger partial charge in [-0.3, -0.25) is 4.79 Å². The first-order chi connectivity index (χ1) is 11.5. The van der Waals surface area contributed by atoms with Crippen molar-refractivity contribution in [3.05, 3.63) is 64.7 Å². The van der Waals surface area contributed by atoms with Crippen molar-refractivity contribution in [1.29, 1.82) is 0 Å². The van der Waals surface area contributed by atoms with E-state index in [4.69, 9.17) is 11.6 Å². The van der Waals surface area contributed by atoms with Crippen LogP contribution in [0.3, 0.4) is 0 Å². The van der Waals surface area contributed by atoms with E-state index in [0.717, 1.165) is 11.4 Å². The summed E-state index contributed by atoms with van der Waals surface area (Å²) in [5.41, 5.74) is 2.51. The molecule has 2 heterocycles. The van der Waals surface area contributed by atoms with Gasteiger partial charge in [0.05, 0.1) is 11.4 Å². The summed E-state index contributed by atoms with van der Waals surface area (Å²) < 4.78 is 1.75. The number of hydrogen-bond donors (Lipinski definition) is 0. The van der Waals surface area contributed by atoms with E-state index in [1.807, 2.05) is 19.9 Å². The van der Waals surface area contributed by atoms with Gasteiger partial charge in [0, 0.05) is 28.7 Å². The molecule has 0 saturated heterocycles. The molecule has 0 spiro atoms. The van der Waals surface area contributed by atoms with Gasteiger partial charge in [-0.2, -0.15) is 5.10 Å². The molecule has 24 heavy (non-hydrogen) atoms. The fraction of sp³-hybridized carbons (Fsp3) is 0.176. The number of rotatable bonds is 5. The Kier molecular flexibility index (Phi) is 4.97. The summed E-state index contributed by atoms with van der Waals surface area (Å²) in [4.78, 5) is 21.0. The molecule has 0 saturated carbocycles. The van der Waals surface area contributed by atoms with Gasteiger partial charge in [0.2, 0.25) is 0 Å². The fourth-order valence-corrected chi connectivity index (χ4v) is 3.23. The van der Waals surface area contributed by atoms with E-state index in [0.29, 0.717) is 21.4 Å². The second-order valence-corrected chi connectivity index (χ2v) is 6.64. The van der Waals surface area contributed by atoms with Crippen LogP contribution in [0, 0.1) is 13.8 Å². The summed E-state index contributed by atoms with van der Waals surface area (Å²) in [6.45, 7) is 3.89. The first-order valence-corrected chi connectivity index (χ1v) is 8.67. The topological polar surface area (TPSA) is 60.7 Å². The molecule has 1 aromatic carbocycles. The molecule has 0 unspecified atom stereocenters. The average molecular weight is 359 g/mol. The largest absolute Gasteiger partial charge is 0.293 e. The van der Waals surface area contributed by atoms with Gasteiger partial charge in [-0.25, -0.2) is 14.6 Å². The minimum Gasteiger partial charge on any atom is -0.293 e. The highest BCUT2D eigenvalue weighted by molar-refractivity contribution is 8.00. The van der Waals surface area contributed by atoms with Crippen LogP contribution in [0.25, 0.3) is 5.82 Å². The molecular formula is C17H15ClN4OS. The van der Waals surface area contributed by atoms with Crippen LogP contribution in [0.2, 0.25) is 5.02 Å². The standard InChI is InChI=1S/C17H15ClN4OS/c1-11-9-12(2)22(21-11)16-17(20-8-7-19-16)24-10-15(23)13-3-5-14(18)6-4-13/h3-9H,10H2,1-2H3. The predicted molar refractivity (Wildman–Crippen MR) is 95.1 cm³/mol. The number of halogens is 1. The van der Waals surface area contributed by atoms with Crippen molar-refractivity contribution in [3.8, 4) is 5.82 Å². The predicted octanol–water partition coefficient (Wildman–Crippen LogP) is 3.91. The molecule has 0 N–H and O–H groups in total. The summed E-state index contributed by atoms with van der Waals surface area (Å²) in [6.07, 6.45) is 3.24. The molecule has 0 aliphatic carbocycles. The molecule has 0 fully saturated rings. The number of benzene rings is 1. The molecule has 0 bridgehead atoms. The van der Waals surface area contributed by atoms with Gasteiger partial charge in [-0.05, 0) is 44.2 Å². The lowest BCUT2D eigenvalue weighted by Crippen LogP contribution is -2.07. The summed E-state index contributed by atoms with van der Waals surface area (Å²) in [5.74, 6) is 0.922. The van der Waals surface area contributed by atoms with Gasteiger partial charge >= 0.3 is 0 Å².